The Bertz CT molecular complexity index is 1080. The van der Waals surface area contributed by atoms with Gasteiger partial charge in [0.1, 0.15) is 23.0 Å². The summed E-state index contributed by atoms with van der Waals surface area (Å²) in [6.45, 7) is 2.43. The number of hydrogen-bond acceptors (Lipinski definition) is 8. The minimum absolute atomic E-state index is 0.282. The predicted octanol–water partition coefficient (Wildman–Crippen LogP) is 3.16. The molecule has 2 heterocycles. The molecule has 4 rings (SSSR count). The van der Waals surface area contributed by atoms with E-state index in [0.717, 1.165) is 24.9 Å². The van der Waals surface area contributed by atoms with Gasteiger partial charge >= 0.3 is 0 Å². The van der Waals surface area contributed by atoms with E-state index >= 15 is 0 Å². The van der Waals surface area contributed by atoms with Crippen molar-refractivity contribution < 1.29 is 18.9 Å². The van der Waals surface area contributed by atoms with Gasteiger partial charge in [-0.1, -0.05) is 0 Å². The molecule has 1 aliphatic rings. The largest absolute Gasteiger partial charge is 0.387 e. The molecule has 9 nitrogen and oxygen atoms in total. The standard InChI is InChI=1S/C21H25FN6O3/c1-21(2,30)18(22)11-24-20(29)14-10-23-19(9-16(14)25-12-4-3-5-12)26-13-6-7-15-17(8-13)28-31-27-15/h6-10,12,18,30H,3-5,11H2,1-2H3,(H,24,29)(H2,23,25,26). The number of carbonyl (C=O) groups is 1. The highest BCUT2D eigenvalue weighted by atomic mass is 19.1. The van der Waals surface area contributed by atoms with E-state index in [0.29, 0.717) is 28.1 Å². The third-order valence-corrected chi connectivity index (χ3v) is 5.35. The van der Waals surface area contributed by atoms with E-state index in [1.165, 1.54) is 20.0 Å². The first-order valence-corrected chi connectivity index (χ1v) is 10.2. The van der Waals surface area contributed by atoms with E-state index in [2.05, 4.69) is 31.2 Å². The molecule has 3 aromatic rings. The van der Waals surface area contributed by atoms with Crippen molar-refractivity contribution in [3.63, 3.8) is 0 Å². The zero-order valence-corrected chi connectivity index (χ0v) is 17.4. The van der Waals surface area contributed by atoms with Gasteiger partial charge in [0.25, 0.3) is 5.91 Å². The van der Waals surface area contributed by atoms with Crippen LogP contribution in [0.5, 0.6) is 0 Å². The lowest BCUT2D eigenvalue weighted by Gasteiger charge is -2.28. The molecule has 1 amide bonds. The number of alkyl halides is 1. The highest BCUT2D eigenvalue weighted by molar-refractivity contribution is 6.00. The molecule has 31 heavy (non-hydrogen) atoms. The topological polar surface area (TPSA) is 125 Å². The van der Waals surface area contributed by atoms with E-state index in [1.807, 2.05) is 6.07 Å². The monoisotopic (exact) mass is 428 g/mol. The number of benzene rings is 1. The number of aliphatic hydroxyl groups is 1. The van der Waals surface area contributed by atoms with Gasteiger partial charge in [-0.15, -0.1) is 0 Å². The van der Waals surface area contributed by atoms with Gasteiger partial charge in [0.15, 0.2) is 0 Å². The number of fused-ring (bicyclic) bond motifs is 1. The average Bonchev–Trinajstić information content (AvgIpc) is 3.16. The van der Waals surface area contributed by atoms with E-state index < -0.39 is 17.7 Å². The third kappa shape index (κ3) is 4.91. The van der Waals surface area contributed by atoms with Crippen molar-refractivity contribution in [2.75, 3.05) is 17.2 Å². The van der Waals surface area contributed by atoms with Crippen molar-refractivity contribution in [3.05, 3.63) is 36.0 Å². The number of nitrogens with one attached hydrogen (secondary N) is 3. The maximum absolute atomic E-state index is 14.0. The van der Waals surface area contributed by atoms with Crippen LogP contribution in [-0.4, -0.2) is 50.7 Å². The van der Waals surface area contributed by atoms with Gasteiger partial charge in [-0.3, -0.25) is 4.79 Å². The number of hydrogen-bond donors (Lipinski definition) is 4. The second kappa shape index (κ2) is 8.46. The molecule has 0 radical (unpaired) electrons. The first-order chi connectivity index (χ1) is 14.8. The van der Waals surface area contributed by atoms with E-state index in [4.69, 9.17) is 4.63 Å². The van der Waals surface area contributed by atoms with Crippen molar-refractivity contribution >= 4 is 34.1 Å². The minimum Gasteiger partial charge on any atom is -0.387 e. The Labute approximate surface area is 178 Å². The lowest BCUT2D eigenvalue weighted by molar-refractivity contribution is -0.00177. The summed E-state index contributed by atoms with van der Waals surface area (Å²) in [6, 6.07) is 7.42. The number of rotatable bonds is 8. The van der Waals surface area contributed by atoms with Crippen LogP contribution in [0.4, 0.5) is 21.6 Å². The number of aromatic nitrogens is 3. The summed E-state index contributed by atoms with van der Waals surface area (Å²) in [5.74, 6) is 0.0805. The maximum Gasteiger partial charge on any atom is 0.255 e. The molecular weight excluding hydrogens is 403 g/mol. The number of carbonyl (C=O) groups excluding carboxylic acids is 1. The molecule has 0 spiro atoms. The van der Waals surface area contributed by atoms with E-state index in [-0.39, 0.29) is 12.6 Å². The zero-order chi connectivity index (χ0) is 22.0. The number of pyridine rings is 1. The van der Waals surface area contributed by atoms with Crippen molar-refractivity contribution in [1.82, 2.24) is 20.6 Å². The van der Waals surface area contributed by atoms with Crippen LogP contribution in [0.3, 0.4) is 0 Å². The molecule has 1 fully saturated rings. The summed E-state index contributed by atoms with van der Waals surface area (Å²) in [6.07, 6.45) is 3.04. The predicted molar refractivity (Wildman–Crippen MR) is 114 cm³/mol. The number of halogens is 1. The molecule has 4 N–H and O–H groups in total. The third-order valence-electron chi connectivity index (χ3n) is 5.35. The minimum atomic E-state index is -1.59. The fourth-order valence-electron chi connectivity index (χ4n) is 3.13. The SMILES string of the molecule is CC(C)(O)C(F)CNC(=O)c1cnc(Nc2ccc3nonc3c2)cc1NC1CCC1. The summed E-state index contributed by atoms with van der Waals surface area (Å²) in [7, 11) is 0. The highest BCUT2D eigenvalue weighted by Gasteiger charge is 2.27. The molecule has 1 saturated carbocycles. The fraction of sp³-hybridized carbons (Fsp3) is 0.429. The van der Waals surface area contributed by atoms with Crippen LogP contribution in [0, 0.1) is 0 Å². The van der Waals surface area contributed by atoms with Crippen molar-refractivity contribution in [1.29, 1.82) is 0 Å². The van der Waals surface area contributed by atoms with Gasteiger partial charge in [0.2, 0.25) is 0 Å². The van der Waals surface area contributed by atoms with Crippen molar-refractivity contribution in [2.24, 2.45) is 0 Å². The van der Waals surface area contributed by atoms with Crippen LogP contribution in [0.15, 0.2) is 35.1 Å². The average molecular weight is 428 g/mol. The lowest BCUT2D eigenvalue weighted by Crippen LogP contribution is -2.42. The van der Waals surface area contributed by atoms with Gasteiger partial charge < -0.3 is 21.1 Å². The lowest BCUT2D eigenvalue weighted by atomic mass is 9.92. The molecule has 1 unspecified atom stereocenters. The summed E-state index contributed by atoms with van der Waals surface area (Å²) in [5, 5.41) is 26.4. The summed E-state index contributed by atoms with van der Waals surface area (Å²) in [4.78, 5) is 17.0. The van der Waals surface area contributed by atoms with E-state index in [9.17, 15) is 14.3 Å². The molecule has 0 saturated heterocycles. The van der Waals surface area contributed by atoms with Crippen LogP contribution in [0.2, 0.25) is 0 Å². The first-order valence-electron chi connectivity index (χ1n) is 10.2. The van der Waals surface area contributed by atoms with Crippen LogP contribution < -0.4 is 16.0 Å². The Morgan fingerprint density at radius 1 is 1.29 bits per heavy atom. The smallest absolute Gasteiger partial charge is 0.255 e. The van der Waals surface area contributed by atoms with Crippen LogP contribution in [0.25, 0.3) is 11.0 Å². The molecule has 2 aromatic heterocycles. The molecule has 1 atom stereocenters. The first kappa shape index (κ1) is 21.0. The van der Waals surface area contributed by atoms with E-state index in [1.54, 1.807) is 18.2 Å². The molecule has 1 aromatic carbocycles. The van der Waals surface area contributed by atoms with Crippen molar-refractivity contribution in [2.45, 2.75) is 50.9 Å². The molecular formula is C21H25FN6O3. The van der Waals surface area contributed by atoms with Gasteiger partial charge in [0, 0.05) is 24.0 Å². The normalized spacial score (nSPS) is 15.4. The number of nitrogens with zero attached hydrogens (tertiary/aromatic N) is 3. The molecule has 0 aliphatic heterocycles. The summed E-state index contributed by atoms with van der Waals surface area (Å²) >= 11 is 0. The van der Waals surface area contributed by atoms with Crippen LogP contribution in [0.1, 0.15) is 43.5 Å². The fourth-order valence-corrected chi connectivity index (χ4v) is 3.13. The van der Waals surface area contributed by atoms with Crippen LogP contribution >= 0.6 is 0 Å². The Morgan fingerprint density at radius 3 is 2.77 bits per heavy atom. The summed E-state index contributed by atoms with van der Waals surface area (Å²) < 4.78 is 18.7. The summed E-state index contributed by atoms with van der Waals surface area (Å²) in [5.41, 5.74) is 1.40. The molecule has 0 bridgehead atoms. The Morgan fingerprint density at radius 2 is 2.06 bits per heavy atom. The van der Waals surface area contributed by atoms with Crippen LogP contribution in [-0.2, 0) is 0 Å². The Balaban J connectivity index is 1.53. The maximum atomic E-state index is 14.0. The Hall–Kier alpha value is -3.27. The van der Waals surface area contributed by atoms with Crippen molar-refractivity contribution in [3.8, 4) is 0 Å². The number of amides is 1. The Kier molecular flexibility index (Phi) is 5.73. The quantitative estimate of drug-likeness (QED) is 0.431. The zero-order valence-electron chi connectivity index (χ0n) is 17.4. The second-order valence-corrected chi connectivity index (χ2v) is 8.31. The second-order valence-electron chi connectivity index (χ2n) is 8.31. The molecule has 10 heteroatoms. The number of anilines is 3. The highest BCUT2D eigenvalue weighted by Crippen LogP contribution is 2.28. The van der Waals surface area contributed by atoms with Gasteiger partial charge in [-0.05, 0) is 61.6 Å². The van der Waals surface area contributed by atoms with Gasteiger partial charge in [-0.25, -0.2) is 14.0 Å². The molecule has 164 valence electrons. The van der Waals surface area contributed by atoms with Gasteiger partial charge in [0.05, 0.1) is 23.4 Å². The molecule has 1 aliphatic carbocycles. The van der Waals surface area contributed by atoms with Gasteiger partial charge in [-0.2, -0.15) is 0 Å².